The molecule has 1 aliphatic rings. The molecule has 0 heterocycles. The molecule has 1 unspecified atom stereocenters. The van der Waals surface area contributed by atoms with Crippen molar-refractivity contribution in [1.29, 1.82) is 0 Å². The second-order valence-corrected chi connectivity index (χ2v) is 8.69. The minimum atomic E-state index is -0.516. The lowest BCUT2D eigenvalue weighted by Crippen LogP contribution is -2.41. The Balaban J connectivity index is 2.75. The van der Waals surface area contributed by atoms with Gasteiger partial charge in [-0.05, 0) is 73.6 Å². The minimum Gasteiger partial charge on any atom is -0.462 e. The van der Waals surface area contributed by atoms with Crippen molar-refractivity contribution >= 4 is 11.9 Å². The van der Waals surface area contributed by atoms with Gasteiger partial charge < -0.3 is 9.47 Å². The molecule has 23 heavy (non-hydrogen) atoms. The summed E-state index contributed by atoms with van der Waals surface area (Å²) in [5.41, 5.74) is -1.46. The summed E-state index contributed by atoms with van der Waals surface area (Å²) in [4.78, 5) is 24.5. The van der Waals surface area contributed by atoms with Crippen molar-refractivity contribution < 1.29 is 19.1 Å². The largest absolute Gasteiger partial charge is 0.462 e. The van der Waals surface area contributed by atoms with E-state index < -0.39 is 16.4 Å². The highest BCUT2D eigenvalue weighted by molar-refractivity contribution is 5.76. The number of hydrogen-bond acceptors (Lipinski definition) is 4. The SMILES string of the molecule is CCC(C)(C)C(=O)OC1(CC(C)OC(=O)C(C)(C)C)CCCC1. The van der Waals surface area contributed by atoms with Crippen LogP contribution in [0.15, 0.2) is 0 Å². The van der Waals surface area contributed by atoms with Crippen LogP contribution >= 0.6 is 0 Å². The molecule has 134 valence electrons. The summed E-state index contributed by atoms with van der Waals surface area (Å²) >= 11 is 0. The molecule has 1 fully saturated rings. The minimum absolute atomic E-state index is 0.142. The van der Waals surface area contributed by atoms with E-state index in [1.54, 1.807) is 0 Å². The van der Waals surface area contributed by atoms with Crippen LogP contribution < -0.4 is 0 Å². The zero-order valence-electron chi connectivity index (χ0n) is 16.0. The molecule has 0 aromatic rings. The van der Waals surface area contributed by atoms with E-state index in [1.807, 2.05) is 48.5 Å². The van der Waals surface area contributed by atoms with Crippen LogP contribution in [0.2, 0.25) is 0 Å². The molecule has 1 rings (SSSR count). The number of esters is 2. The van der Waals surface area contributed by atoms with Crippen LogP contribution in [0, 0.1) is 10.8 Å². The van der Waals surface area contributed by atoms with Gasteiger partial charge in [0.15, 0.2) is 0 Å². The van der Waals surface area contributed by atoms with Crippen molar-refractivity contribution in [2.75, 3.05) is 0 Å². The highest BCUT2D eigenvalue weighted by Crippen LogP contribution is 2.40. The maximum Gasteiger partial charge on any atom is 0.312 e. The van der Waals surface area contributed by atoms with Crippen molar-refractivity contribution in [3.05, 3.63) is 0 Å². The zero-order chi connectivity index (χ0) is 17.9. The lowest BCUT2D eigenvalue weighted by atomic mass is 9.89. The molecule has 0 aliphatic heterocycles. The van der Waals surface area contributed by atoms with Crippen LogP contribution in [0.1, 0.15) is 87.0 Å². The fourth-order valence-corrected chi connectivity index (χ4v) is 2.77. The topological polar surface area (TPSA) is 52.6 Å². The first-order valence-electron chi connectivity index (χ1n) is 8.86. The highest BCUT2D eigenvalue weighted by atomic mass is 16.6. The summed E-state index contributed by atoms with van der Waals surface area (Å²) in [5.74, 6) is -0.352. The molecule has 0 radical (unpaired) electrons. The fourth-order valence-electron chi connectivity index (χ4n) is 2.77. The quantitative estimate of drug-likeness (QED) is 0.667. The van der Waals surface area contributed by atoms with Gasteiger partial charge in [-0.25, -0.2) is 0 Å². The predicted octanol–water partition coefficient (Wildman–Crippen LogP) is 4.65. The standard InChI is InChI=1S/C19H34O4/c1-8-18(6,7)16(21)23-19(11-9-10-12-19)13-14(2)22-15(20)17(3,4)5/h14H,8-13H2,1-7H3. The van der Waals surface area contributed by atoms with Crippen molar-refractivity contribution in [2.24, 2.45) is 10.8 Å². The van der Waals surface area contributed by atoms with E-state index in [0.717, 1.165) is 32.1 Å². The van der Waals surface area contributed by atoms with Gasteiger partial charge in [-0.3, -0.25) is 9.59 Å². The first-order chi connectivity index (χ1) is 10.4. The first kappa shape index (κ1) is 20.0. The van der Waals surface area contributed by atoms with Gasteiger partial charge in [-0.1, -0.05) is 6.92 Å². The van der Waals surface area contributed by atoms with Gasteiger partial charge in [0.2, 0.25) is 0 Å². The maximum absolute atomic E-state index is 12.5. The third-order valence-corrected chi connectivity index (χ3v) is 4.84. The van der Waals surface area contributed by atoms with Crippen LogP contribution in [0.4, 0.5) is 0 Å². The summed E-state index contributed by atoms with van der Waals surface area (Å²) in [6, 6.07) is 0. The molecular formula is C19H34O4. The molecule has 1 atom stereocenters. The summed E-state index contributed by atoms with van der Waals surface area (Å²) < 4.78 is 11.5. The average molecular weight is 326 g/mol. The number of ether oxygens (including phenoxy) is 2. The van der Waals surface area contributed by atoms with Crippen LogP contribution in [0.3, 0.4) is 0 Å². The van der Waals surface area contributed by atoms with E-state index in [4.69, 9.17) is 9.47 Å². The van der Waals surface area contributed by atoms with Gasteiger partial charge in [0.05, 0.1) is 10.8 Å². The van der Waals surface area contributed by atoms with Gasteiger partial charge in [0.25, 0.3) is 0 Å². The number of carbonyl (C=O) groups is 2. The third-order valence-electron chi connectivity index (χ3n) is 4.84. The lowest BCUT2D eigenvalue weighted by molar-refractivity contribution is -0.176. The molecule has 0 spiro atoms. The van der Waals surface area contributed by atoms with Crippen molar-refractivity contribution in [3.63, 3.8) is 0 Å². The molecule has 4 nitrogen and oxygen atoms in total. The Hall–Kier alpha value is -1.06. The summed E-state index contributed by atoms with van der Waals surface area (Å²) in [6.07, 6.45) is 4.90. The Bertz CT molecular complexity index is 425. The Kier molecular flexibility index (Phi) is 6.28. The van der Waals surface area contributed by atoms with E-state index in [2.05, 4.69) is 0 Å². The van der Waals surface area contributed by atoms with Gasteiger partial charge in [0.1, 0.15) is 11.7 Å². The van der Waals surface area contributed by atoms with E-state index in [1.165, 1.54) is 0 Å². The van der Waals surface area contributed by atoms with Crippen LogP contribution in [0.25, 0.3) is 0 Å². The molecule has 1 aliphatic carbocycles. The normalized spacial score (nSPS) is 19.3. The van der Waals surface area contributed by atoms with Crippen LogP contribution in [0.5, 0.6) is 0 Å². The van der Waals surface area contributed by atoms with Crippen molar-refractivity contribution in [3.8, 4) is 0 Å². The summed E-state index contributed by atoms with van der Waals surface area (Å²) in [5, 5.41) is 0. The Morgan fingerprint density at radius 2 is 1.57 bits per heavy atom. The van der Waals surface area contributed by atoms with Gasteiger partial charge >= 0.3 is 11.9 Å². The van der Waals surface area contributed by atoms with Crippen molar-refractivity contribution in [1.82, 2.24) is 0 Å². The van der Waals surface area contributed by atoms with E-state index in [-0.39, 0.29) is 18.0 Å². The van der Waals surface area contributed by atoms with Gasteiger partial charge in [0, 0.05) is 6.42 Å². The lowest BCUT2D eigenvalue weighted by Gasteiger charge is -2.35. The fraction of sp³-hybridized carbons (Fsp3) is 0.895. The smallest absolute Gasteiger partial charge is 0.312 e. The zero-order valence-corrected chi connectivity index (χ0v) is 16.0. The Morgan fingerprint density at radius 3 is 2.00 bits per heavy atom. The number of rotatable bonds is 6. The van der Waals surface area contributed by atoms with Crippen LogP contribution in [-0.2, 0) is 19.1 Å². The molecule has 1 saturated carbocycles. The molecule has 0 amide bonds. The molecule has 0 aromatic heterocycles. The molecule has 0 N–H and O–H groups in total. The Labute approximate surface area is 141 Å². The van der Waals surface area contributed by atoms with Crippen molar-refractivity contribution in [2.45, 2.75) is 98.7 Å². The monoisotopic (exact) mass is 326 g/mol. The Morgan fingerprint density at radius 1 is 1.04 bits per heavy atom. The maximum atomic E-state index is 12.5. The second-order valence-electron chi connectivity index (χ2n) is 8.69. The highest BCUT2D eigenvalue weighted by Gasteiger charge is 2.42. The molecular weight excluding hydrogens is 292 g/mol. The average Bonchev–Trinajstić information content (AvgIpc) is 2.85. The van der Waals surface area contributed by atoms with E-state index in [9.17, 15) is 9.59 Å². The third kappa shape index (κ3) is 5.50. The number of hydrogen-bond donors (Lipinski definition) is 0. The van der Waals surface area contributed by atoms with Gasteiger partial charge in [-0.15, -0.1) is 0 Å². The van der Waals surface area contributed by atoms with E-state index in [0.29, 0.717) is 6.42 Å². The molecule has 4 heteroatoms. The molecule has 0 bridgehead atoms. The second kappa shape index (κ2) is 7.23. The summed E-state index contributed by atoms with van der Waals surface area (Å²) in [6.45, 7) is 13.3. The molecule has 0 saturated heterocycles. The summed E-state index contributed by atoms with van der Waals surface area (Å²) in [7, 11) is 0. The van der Waals surface area contributed by atoms with E-state index >= 15 is 0 Å². The predicted molar refractivity (Wildman–Crippen MR) is 91.0 cm³/mol. The number of carbonyl (C=O) groups excluding carboxylic acids is 2. The van der Waals surface area contributed by atoms with Gasteiger partial charge in [-0.2, -0.15) is 0 Å². The molecule has 0 aromatic carbocycles. The van der Waals surface area contributed by atoms with Crippen LogP contribution in [-0.4, -0.2) is 23.6 Å². The first-order valence-corrected chi connectivity index (χ1v) is 8.86.